The average molecular weight is 353 g/mol. The lowest BCUT2D eigenvalue weighted by atomic mass is 9.86. The molecule has 0 bridgehead atoms. The second-order valence-electron chi connectivity index (χ2n) is 5.71. The molecule has 1 atom stereocenters. The molecule has 2 N–H and O–H groups in total. The van der Waals surface area contributed by atoms with Gasteiger partial charge in [0, 0.05) is 15.0 Å². The molecule has 20 heavy (non-hydrogen) atoms. The van der Waals surface area contributed by atoms with E-state index in [9.17, 15) is 0 Å². The van der Waals surface area contributed by atoms with Crippen LogP contribution in [0.2, 0.25) is 5.02 Å². The molecule has 106 valence electrons. The molecule has 0 aromatic heterocycles. The van der Waals surface area contributed by atoms with Crippen LogP contribution in [0.1, 0.15) is 29.2 Å². The van der Waals surface area contributed by atoms with E-state index in [0.717, 1.165) is 16.5 Å². The molecular formula is C17H19BrClN. The number of hydrogen-bond acceptors (Lipinski definition) is 1. The molecule has 0 fully saturated rings. The Hall–Kier alpha value is -0.830. The third-order valence-electron chi connectivity index (χ3n) is 3.40. The molecule has 0 heterocycles. The summed E-state index contributed by atoms with van der Waals surface area (Å²) in [6.07, 6.45) is 0.761. The minimum absolute atomic E-state index is 0.488. The van der Waals surface area contributed by atoms with Crippen LogP contribution in [0.25, 0.3) is 0 Å². The molecule has 0 aliphatic carbocycles. The molecule has 0 aliphatic rings. The summed E-state index contributed by atoms with van der Waals surface area (Å²) in [7, 11) is 0. The van der Waals surface area contributed by atoms with E-state index in [-0.39, 0.29) is 0 Å². The maximum absolute atomic E-state index is 6.52. The predicted molar refractivity (Wildman–Crippen MR) is 90.3 cm³/mol. The summed E-state index contributed by atoms with van der Waals surface area (Å²) in [6.45, 7) is 6.24. The Bertz CT molecular complexity index is 615. The van der Waals surface area contributed by atoms with Gasteiger partial charge in [0.05, 0.1) is 0 Å². The Morgan fingerprint density at radius 2 is 1.70 bits per heavy atom. The van der Waals surface area contributed by atoms with Crippen molar-refractivity contribution in [1.29, 1.82) is 0 Å². The van der Waals surface area contributed by atoms with E-state index in [1.165, 1.54) is 16.7 Å². The molecule has 0 aliphatic heterocycles. The van der Waals surface area contributed by atoms with Gasteiger partial charge in [0.2, 0.25) is 0 Å². The Balaban J connectivity index is 2.34. The van der Waals surface area contributed by atoms with Crippen LogP contribution in [-0.4, -0.2) is 0 Å². The fourth-order valence-corrected chi connectivity index (χ4v) is 3.53. The Morgan fingerprint density at radius 1 is 1.10 bits per heavy atom. The molecule has 0 spiro atoms. The fraction of sp³-hybridized carbons (Fsp3) is 0.294. The highest BCUT2D eigenvalue weighted by Gasteiger charge is 2.24. The van der Waals surface area contributed by atoms with Gasteiger partial charge in [0.1, 0.15) is 0 Å². The van der Waals surface area contributed by atoms with Crippen LogP contribution in [-0.2, 0) is 12.0 Å². The monoisotopic (exact) mass is 351 g/mol. The van der Waals surface area contributed by atoms with Gasteiger partial charge in [0.15, 0.2) is 0 Å². The highest BCUT2D eigenvalue weighted by molar-refractivity contribution is 9.10. The van der Waals surface area contributed by atoms with Crippen LogP contribution in [0, 0.1) is 13.8 Å². The first-order valence-corrected chi connectivity index (χ1v) is 7.76. The minimum atomic E-state index is -0.488. The van der Waals surface area contributed by atoms with E-state index < -0.39 is 5.54 Å². The maximum atomic E-state index is 6.52. The number of rotatable bonds is 3. The number of benzene rings is 2. The molecule has 2 aromatic rings. The van der Waals surface area contributed by atoms with Gasteiger partial charge in [-0.1, -0.05) is 62.9 Å². The normalized spacial score (nSPS) is 14.1. The van der Waals surface area contributed by atoms with Crippen LogP contribution in [0.3, 0.4) is 0 Å². The first-order chi connectivity index (χ1) is 9.28. The maximum Gasteiger partial charge on any atom is 0.0467 e. The number of nitrogens with two attached hydrogens (primary N) is 1. The third-order valence-corrected chi connectivity index (χ3v) is 4.21. The molecule has 2 rings (SSSR count). The van der Waals surface area contributed by atoms with Crippen LogP contribution in [0.15, 0.2) is 40.9 Å². The molecule has 1 nitrogen and oxygen atoms in total. The quantitative estimate of drug-likeness (QED) is 0.813. The summed E-state index contributed by atoms with van der Waals surface area (Å²) in [5.74, 6) is 0. The number of halogens is 2. The van der Waals surface area contributed by atoms with Gasteiger partial charge >= 0.3 is 0 Å². The second kappa shape index (κ2) is 5.88. The van der Waals surface area contributed by atoms with Crippen LogP contribution < -0.4 is 5.73 Å². The van der Waals surface area contributed by atoms with Gasteiger partial charge in [0.25, 0.3) is 0 Å². The summed E-state index contributed by atoms with van der Waals surface area (Å²) >= 11 is 9.76. The molecule has 2 aromatic carbocycles. The van der Waals surface area contributed by atoms with Crippen molar-refractivity contribution in [2.45, 2.75) is 32.7 Å². The van der Waals surface area contributed by atoms with Crippen molar-refractivity contribution in [2.75, 3.05) is 0 Å². The van der Waals surface area contributed by atoms with Gasteiger partial charge in [-0.3, -0.25) is 0 Å². The highest BCUT2D eigenvalue weighted by Crippen LogP contribution is 2.31. The minimum Gasteiger partial charge on any atom is -0.321 e. The lowest BCUT2D eigenvalue weighted by Gasteiger charge is -2.27. The van der Waals surface area contributed by atoms with Gasteiger partial charge in [-0.15, -0.1) is 0 Å². The fourth-order valence-electron chi connectivity index (χ4n) is 2.64. The van der Waals surface area contributed by atoms with Gasteiger partial charge < -0.3 is 5.73 Å². The molecule has 0 saturated heterocycles. The molecular weight excluding hydrogens is 334 g/mol. The topological polar surface area (TPSA) is 26.0 Å². The zero-order valence-corrected chi connectivity index (χ0v) is 14.3. The largest absolute Gasteiger partial charge is 0.321 e. The Kier molecular flexibility index (Phi) is 4.58. The van der Waals surface area contributed by atoms with Crippen molar-refractivity contribution in [3.8, 4) is 0 Å². The van der Waals surface area contributed by atoms with Crippen LogP contribution >= 0.6 is 27.5 Å². The molecule has 1 unspecified atom stereocenters. The number of aryl methyl sites for hydroxylation is 2. The van der Waals surface area contributed by atoms with E-state index in [1.807, 2.05) is 25.1 Å². The average Bonchev–Trinajstić information content (AvgIpc) is 2.25. The lowest BCUT2D eigenvalue weighted by Crippen LogP contribution is -2.35. The Morgan fingerprint density at radius 3 is 2.25 bits per heavy atom. The van der Waals surface area contributed by atoms with E-state index >= 15 is 0 Å². The summed E-state index contributed by atoms with van der Waals surface area (Å²) in [6, 6.07) is 12.4. The van der Waals surface area contributed by atoms with E-state index in [2.05, 4.69) is 48.0 Å². The summed E-state index contributed by atoms with van der Waals surface area (Å²) < 4.78 is 0.966. The SMILES string of the molecule is Cc1cc(C)cc(CC(C)(N)c2ccc(Br)cc2Cl)c1. The summed E-state index contributed by atoms with van der Waals surface area (Å²) in [4.78, 5) is 0. The zero-order chi connectivity index (χ0) is 14.9. The van der Waals surface area contributed by atoms with Crippen molar-refractivity contribution in [3.05, 3.63) is 68.1 Å². The first-order valence-electron chi connectivity index (χ1n) is 6.59. The number of hydrogen-bond donors (Lipinski definition) is 1. The molecule has 0 radical (unpaired) electrons. The Labute approximate surface area is 134 Å². The van der Waals surface area contributed by atoms with Crippen LogP contribution in [0.4, 0.5) is 0 Å². The van der Waals surface area contributed by atoms with Crippen molar-refractivity contribution in [2.24, 2.45) is 5.73 Å². The summed E-state index contributed by atoms with van der Waals surface area (Å²) in [5.41, 5.74) is 10.8. The van der Waals surface area contributed by atoms with Crippen molar-refractivity contribution < 1.29 is 0 Å². The molecule has 0 saturated carbocycles. The highest BCUT2D eigenvalue weighted by atomic mass is 79.9. The third kappa shape index (κ3) is 3.63. The standard InChI is InChI=1S/C17H19BrClN/c1-11-6-12(2)8-13(7-11)10-17(3,20)15-5-4-14(18)9-16(15)19/h4-9H,10,20H2,1-3H3. The summed E-state index contributed by atoms with van der Waals surface area (Å²) in [5, 5.41) is 0.703. The van der Waals surface area contributed by atoms with E-state index in [0.29, 0.717) is 5.02 Å². The van der Waals surface area contributed by atoms with E-state index in [1.54, 1.807) is 0 Å². The van der Waals surface area contributed by atoms with Gasteiger partial charge in [-0.2, -0.15) is 0 Å². The van der Waals surface area contributed by atoms with Crippen LogP contribution in [0.5, 0.6) is 0 Å². The molecule has 3 heteroatoms. The predicted octanol–water partition coefficient (Wildman–Crippen LogP) is 5.14. The van der Waals surface area contributed by atoms with Crippen molar-refractivity contribution >= 4 is 27.5 Å². The lowest BCUT2D eigenvalue weighted by molar-refractivity contribution is 0.491. The zero-order valence-electron chi connectivity index (χ0n) is 12.0. The second-order valence-corrected chi connectivity index (χ2v) is 7.04. The first kappa shape index (κ1) is 15.6. The smallest absolute Gasteiger partial charge is 0.0467 e. The molecule has 0 amide bonds. The van der Waals surface area contributed by atoms with E-state index in [4.69, 9.17) is 17.3 Å². The van der Waals surface area contributed by atoms with Gasteiger partial charge in [-0.25, -0.2) is 0 Å². The van der Waals surface area contributed by atoms with Crippen molar-refractivity contribution in [1.82, 2.24) is 0 Å². The van der Waals surface area contributed by atoms with Gasteiger partial charge in [-0.05, 0) is 50.5 Å². The van der Waals surface area contributed by atoms with Crippen molar-refractivity contribution in [3.63, 3.8) is 0 Å².